The van der Waals surface area contributed by atoms with E-state index in [0.29, 0.717) is 18.4 Å². The number of ether oxygens (including phenoxy) is 1. The predicted octanol–water partition coefficient (Wildman–Crippen LogP) is 1.12. The van der Waals surface area contributed by atoms with E-state index in [1.165, 1.54) is 11.8 Å². The lowest BCUT2D eigenvalue weighted by molar-refractivity contribution is 0.0892. The Morgan fingerprint density at radius 1 is 1.30 bits per heavy atom. The molecule has 2 aliphatic heterocycles. The predicted molar refractivity (Wildman–Crippen MR) is 90.8 cm³/mol. The number of likely N-dealkylation sites (tertiary alicyclic amines) is 1. The summed E-state index contributed by atoms with van der Waals surface area (Å²) in [6, 6.07) is 10.6. The van der Waals surface area contributed by atoms with E-state index in [-0.39, 0.29) is 6.10 Å². The monoisotopic (exact) mass is 338 g/mol. The zero-order valence-electron chi connectivity index (χ0n) is 13.6. The Morgan fingerprint density at radius 3 is 2.83 bits per heavy atom. The maximum absolute atomic E-state index is 11.2. The number of benzene rings is 1. The van der Waals surface area contributed by atoms with E-state index in [1.807, 2.05) is 0 Å². The minimum absolute atomic E-state index is 0.0333. The number of rotatable bonds is 6. The fourth-order valence-corrected chi connectivity index (χ4v) is 4.21. The van der Waals surface area contributed by atoms with E-state index in [4.69, 9.17) is 4.74 Å². The molecule has 23 heavy (non-hydrogen) atoms. The summed E-state index contributed by atoms with van der Waals surface area (Å²) >= 11 is 0. The smallest absolute Gasteiger partial charge is 0.208 e. The van der Waals surface area contributed by atoms with Crippen LogP contribution in [-0.4, -0.2) is 58.5 Å². The molecule has 2 heterocycles. The van der Waals surface area contributed by atoms with Gasteiger partial charge in [-0.05, 0) is 30.9 Å². The third-order valence-corrected chi connectivity index (χ3v) is 5.68. The van der Waals surface area contributed by atoms with Gasteiger partial charge < -0.3 is 9.64 Å². The summed E-state index contributed by atoms with van der Waals surface area (Å²) in [6.07, 6.45) is 3.41. The second-order valence-electron chi connectivity index (χ2n) is 6.74. The molecule has 3 atom stereocenters. The molecule has 0 spiro atoms. The Labute approximate surface area is 139 Å². The first-order valence-electron chi connectivity index (χ1n) is 8.34. The van der Waals surface area contributed by atoms with E-state index in [0.717, 1.165) is 39.1 Å². The van der Waals surface area contributed by atoms with Crippen molar-refractivity contribution in [1.29, 1.82) is 0 Å². The normalized spacial score (nSPS) is 28.7. The lowest BCUT2D eigenvalue weighted by Gasteiger charge is -2.35. The molecule has 1 aromatic carbocycles. The average molecular weight is 338 g/mol. The van der Waals surface area contributed by atoms with Crippen molar-refractivity contribution < 1.29 is 13.2 Å². The SMILES string of the molecule is CS(=O)(=O)NC[C@@H]1OC[C@@H]2CN(CCc3ccccc3)CC[C@@H]21. The Kier molecular flexibility index (Phi) is 5.36. The fourth-order valence-electron chi connectivity index (χ4n) is 3.74. The molecular weight excluding hydrogens is 312 g/mol. The van der Waals surface area contributed by atoms with Gasteiger partial charge in [0.2, 0.25) is 10.0 Å². The number of nitrogens with zero attached hydrogens (tertiary/aromatic N) is 1. The number of fused-ring (bicyclic) bond motifs is 1. The maximum Gasteiger partial charge on any atom is 0.208 e. The number of hydrogen-bond acceptors (Lipinski definition) is 4. The van der Waals surface area contributed by atoms with Gasteiger partial charge >= 0.3 is 0 Å². The second kappa shape index (κ2) is 7.30. The zero-order valence-corrected chi connectivity index (χ0v) is 14.5. The molecule has 0 amide bonds. The van der Waals surface area contributed by atoms with Crippen LogP contribution in [0.3, 0.4) is 0 Å². The largest absolute Gasteiger partial charge is 0.376 e. The Bertz CT molecular complexity index is 606. The summed E-state index contributed by atoms with van der Waals surface area (Å²) in [5.74, 6) is 1.02. The quantitative estimate of drug-likeness (QED) is 0.844. The average Bonchev–Trinajstić information content (AvgIpc) is 2.94. The van der Waals surface area contributed by atoms with Crippen molar-refractivity contribution in [1.82, 2.24) is 9.62 Å². The molecular formula is C17H26N2O3S. The minimum atomic E-state index is -3.14. The van der Waals surface area contributed by atoms with Gasteiger partial charge in [0.1, 0.15) is 0 Å². The van der Waals surface area contributed by atoms with E-state index < -0.39 is 10.0 Å². The molecule has 128 valence electrons. The Hall–Kier alpha value is -0.950. The van der Waals surface area contributed by atoms with E-state index >= 15 is 0 Å². The van der Waals surface area contributed by atoms with Gasteiger partial charge in [-0.1, -0.05) is 30.3 Å². The molecule has 0 radical (unpaired) electrons. The molecule has 0 aromatic heterocycles. The van der Waals surface area contributed by atoms with Crippen LogP contribution in [0.2, 0.25) is 0 Å². The lowest BCUT2D eigenvalue weighted by atomic mass is 9.84. The summed E-state index contributed by atoms with van der Waals surface area (Å²) in [5, 5.41) is 0. The molecule has 0 unspecified atom stereocenters. The maximum atomic E-state index is 11.2. The molecule has 3 rings (SSSR count). The summed E-state index contributed by atoms with van der Waals surface area (Å²) in [6.45, 7) is 4.38. The van der Waals surface area contributed by atoms with Gasteiger partial charge in [-0.3, -0.25) is 0 Å². The first-order chi connectivity index (χ1) is 11.0. The van der Waals surface area contributed by atoms with Gasteiger partial charge in [0, 0.05) is 25.6 Å². The highest BCUT2D eigenvalue weighted by Crippen LogP contribution is 2.34. The molecule has 2 saturated heterocycles. The summed E-state index contributed by atoms with van der Waals surface area (Å²) < 4.78 is 30.9. The van der Waals surface area contributed by atoms with Gasteiger partial charge in [0.25, 0.3) is 0 Å². The summed E-state index contributed by atoms with van der Waals surface area (Å²) in [4.78, 5) is 2.52. The number of piperidine rings is 1. The van der Waals surface area contributed by atoms with Crippen LogP contribution in [0.5, 0.6) is 0 Å². The number of sulfonamides is 1. The van der Waals surface area contributed by atoms with Crippen molar-refractivity contribution >= 4 is 10.0 Å². The first kappa shape index (κ1) is 16.9. The van der Waals surface area contributed by atoms with Crippen LogP contribution >= 0.6 is 0 Å². The Morgan fingerprint density at radius 2 is 2.09 bits per heavy atom. The molecule has 0 bridgehead atoms. The molecule has 0 saturated carbocycles. The van der Waals surface area contributed by atoms with Crippen LogP contribution in [0.1, 0.15) is 12.0 Å². The molecule has 1 aromatic rings. The van der Waals surface area contributed by atoms with Crippen molar-refractivity contribution in [3.63, 3.8) is 0 Å². The topological polar surface area (TPSA) is 58.6 Å². The first-order valence-corrected chi connectivity index (χ1v) is 10.2. The molecule has 2 fully saturated rings. The highest BCUT2D eigenvalue weighted by Gasteiger charge is 2.40. The van der Waals surface area contributed by atoms with Gasteiger partial charge in [0.05, 0.1) is 19.0 Å². The zero-order chi connectivity index (χ0) is 16.3. The summed E-state index contributed by atoms with van der Waals surface area (Å²) in [7, 11) is -3.14. The molecule has 6 heteroatoms. The third-order valence-electron chi connectivity index (χ3n) is 4.99. The van der Waals surface area contributed by atoms with E-state index in [9.17, 15) is 8.42 Å². The van der Waals surface area contributed by atoms with Crippen molar-refractivity contribution in [3.05, 3.63) is 35.9 Å². The van der Waals surface area contributed by atoms with Gasteiger partial charge in [-0.15, -0.1) is 0 Å². The van der Waals surface area contributed by atoms with E-state index in [1.54, 1.807) is 0 Å². The third kappa shape index (κ3) is 4.76. The standard InChI is InChI=1S/C17H26N2O3S/c1-23(20,21)18-11-17-16-8-10-19(12-15(16)13-22-17)9-7-14-5-3-2-4-6-14/h2-6,15-18H,7-13H2,1H3/t15-,16-,17-/m0/s1. The van der Waals surface area contributed by atoms with Crippen LogP contribution in [0, 0.1) is 11.8 Å². The highest BCUT2D eigenvalue weighted by atomic mass is 32.2. The van der Waals surface area contributed by atoms with Crippen molar-refractivity contribution in [2.24, 2.45) is 11.8 Å². The van der Waals surface area contributed by atoms with Crippen molar-refractivity contribution in [2.75, 3.05) is 39.0 Å². The van der Waals surface area contributed by atoms with E-state index in [2.05, 4.69) is 40.0 Å². The van der Waals surface area contributed by atoms with Crippen LogP contribution in [-0.2, 0) is 21.2 Å². The molecule has 0 aliphatic carbocycles. The van der Waals surface area contributed by atoms with Crippen molar-refractivity contribution in [3.8, 4) is 0 Å². The lowest BCUT2D eigenvalue weighted by Crippen LogP contribution is -2.44. The van der Waals surface area contributed by atoms with Crippen LogP contribution in [0.25, 0.3) is 0 Å². The Balaban J connectivity index is 1.47. The summed E-state index contributed by atoms with van der Waals surface area (Å²) in [5.41, 5.74) is 1.38. The number of nitrogens with one attached hydrogen (secondary N) is 1. The van der Waals surface area contributed by atoms with Crippen LogP contribution in [0.15, 0.2) is 30.3 Å². The fraction of sp³-hybridized carbons (Fsp3) is 0.647. The van der Waals surface area contributed by atoms with Crippen LogP contribution in [0.4, 0.5) is 0 Å². The molecule has 5 nitrogen and oxygen atoms in total. The van der Waals surface area contributed by atoms with Gasteiger partial charge in [0.15, 0.2) is 0 Å². The highest BCUT2D eigenvalue weighted by molar-refractivity contribution is 7.88. The van der Waals surface area contributed by atoms with Gasteiger partial charge in [-0.25, -0.2) is 13.1 Å². The van der Waals surface area contributed by atoms with Crippen molar-refractivity contribution in [2.45, 2.75) is 18.9 Å². The van der Waals surface area contributed by atoms with Crippen LogP contribution < -0.4 is 4.72 Å². The second-order valence-corrected chi connectivity index (χ2v) is 8.57. The number of hydrogen-bond donors (Lipinski definition) is 1. The molecule has 2 aliphatic rings. The molecule has 1 N–H and O–H groups in total. The van der Waals surface area contributed by atoms with Gasteiger partial charge in [-0.2, -0.15) is 0 Å². The minimum Gasteiger partial charge on any atom is -0.376 e.